The van der Waals surface area contributed by atoms with E-state index in [0.29, 0.717) is 23.2 Å². The van der Waals surface area contributed by atoms with Crippen molar-refractivity contribution in [2.75, 3.05) is 10.3 Å². The predicted octanol–water partition coefficient (Wildman–Crippen LogP) is 8.89. The molecule has 4 aromatic rings. The molecule has 0 unspecified atom stereocenters. The van der Waals surface area contributed by atoms with Crippen molar-refractivity contribution >= 4 is 35.2 Å². The molecule has 0 spiro atoms. The zero-order valence-electron chi connectivity index (χ0n) is 24.8. The van der Waals surface area contributed by atoms with Crippen LogP contribution in [-0.4, -0.2) is 28.3 Å². The molecule has 0 heterocycles. The number of alkyl halides is 3. The lowest BCUT2D eigenvalue weighted by atomic mass is 10.0. The number of anilines is 3. The number of amides is 1. The number of aromatic hydroxyl groups is 1. The summed E-state index contributed by atoms with van der Waals surface area (Å²) in [7, 11) is 0. The molecule has 0 aliphatic carbocycles. The summed E-state index contributed by atoms with van der Waals surface area (Å²) in [5.41, 5.74) is 4.63. The van der Waals surface area contributed by atoms with E-state index in [1.165, 1.54) is 36.1 Å². The number of nitrogens with one attached hydrogen (secondary N) is 1. The Morgan fingerprint density at radius 1 is 0.977 bits per heavy atom. The van der Waals surface area contributed by atoms with Gasteiger partial charge in [0.2, 0.25) is 6.41 Å². The molecule has 10 heteroatoms. The molecule has 0 fully saturated rings. The molecule has 7 nitrogen and oxygen atoms in total. The molecule has 0 aromatic heterocycles. The molecule has 4 rings (SSSR count). The van der Waals surface area contributed by atoms with Crippen LogP contribution >= 0.6 is 0 Å². The Labute approximate surface area is 254 Å². The van der Waals surface area contributed by atoms with Crippen molar-refractivity contribution in [3.05, 3.63) is 107 Å². The Balaban J connectivity index is 0.00000259. The summed E-state index contributed by atoms with van der Waals surface area (Å²) >= 11 is 0. The number of hydrogen-bond donors (Lipinski definition) is 3. The number of benzene rings is 4. The maximum absolute atomic E-state index is 13.7. The number of phenols is 1. The topological polar surface area (TPSA) is 102 Å². The molecule has 3 N–H and O–H groups in total. The van der Waals surface area contributed by atoms with Gasteiger partial charge in [-0.2, -0.15) is 18.3 Å². The third kappa shape index (κ3) is 7.83. The zero-order chi connectivity index (χ0) is 32.4. The van der Waals surface area contributed by atoms with Gasteiger partial charge in [0.05, 0.1) is 28.2 Å². The molecule has 0 bridgehead atoms. The van der Waals surface area contributed by atoms with Crippen molar-refractivity contribution in [3.8, 4) is 16.9 Å². The molecule has 0 saturated carbocycles. The normalized spacial score (nSPS) is 11.3. The number of halogens is 3. The molecule has 0 radical (unpaired) electrons. The van der Waals surface area contributed by atoms with E-state index in [4.69, 9.17) is 0 Å². The van der Waals surface area contributed by atoms with Gasteiger partial charge in [0.15, 0.2) is 0 Å². The van der Waals surface area contributed by atoms with Crippen LogP contribution in [0.4, 0.5) is 30.2 Å². The Bertz CT molecular complexity index is 1630. The number of carbonyl (C=O) groups excluding carboxylic acids is 1. The number of phenolic OH excluding ortho intramolecular Hbond substituents is 1. The summed E-state index contributed by atoms with van der Waals surface area (Å²) in [5, 5.41) is 24.5. The minimum Gasteiger partial charge on any atom is -0.505 e. The van der Waals surface area contributed by atoms with E-state index in [0.717, 1.165) is 30.5 Å². The average molecular weight is 606 g/mol. The van der Waals surface area contributed by atoms with Gasteiger partial charge in [0, 0.05) is 16.8 Å². The van der Waals surface area contributed by atoms with Gasteiger partial charge in [0.25, 0.3) is 0 Å². The van der Waals surface area contributed by atoms with Gasteiger partial charge in [-0.05, 0) is 73.0 Å². The van der Waals surface area contributed by atoms with E-state index in [1.807, 2.05) is 32.9 Å². The quantitative estimate of drug-likeness (QED) is 0.0725. The molecule has 44 heavy (non-hydrogen) atoms. The van der Waals surface area contributed by atoms with Gasteiger partial charge in [-0.1, -0.05) is 63.6 Å². The summed E-state index contributed by atoms with van der Waals surface area (Å²) < 4.78 is 41.0. The molecule has 4 aromatic carbocycles. The first-order valence-electron chi connectivity index (χ1n) is 14.0. The van der Waals surface area contributed by atoms with Gasteiger partial charge in [-0.25, -0.2) is 4.79 Å². The zero-order valence-corrected chi connectivity index (χ0v) is 24.8. The maximum Gasteiger partial charge on any atom is 0.416 e. The second kappa shape index (κ2) is 14.9. The Hall–Kier alpha value is -5.12. The Kier molecular flexibility index (Phi) is 11.3. The number of carbonyl (C=O) groups is 2. The Morgan fingerprint density at radius 2 is 1.66 bits per heavy atom. The highest BCUT2D eigenvalue weighted by Gasteiger charge is 2.32. The number of aryl methyl sites for hydroxylation is 1. The molecule has 0 aliphatic rings. The number of hydrazone groups is 1. The van der Waals surface area contributed by atoms with Crippen LogP contribution in [-0.2, 0) is 17.4 Å². The highest BCUT2D eigenvalue weighted by atomic mass is 19.4. The molecule has 230 valence electrons. The van der Waals surface area contributed by atoms with Gasteiger partial charge in [0.1, 0.15) is 5.75 Å². The first kappa shape index (κ1) is 33.4. The van der Waals surface area contributed by atoms with Gasteiger partial charge in [-0.15, -0.1) is 0 Å². The molecule has 0 atom stereocenters. The number of para-hydroxylation sites is 1. The fraction of sp³-hybridized carbons (Fsp3) is 0.206. The maximum atomic E-state index is 13.7. The Morgan fingerprint density at radius 3 is 2.27 bits per heavy atom. The first-order chi connectivity index (χ1) is 21.0. The van der Waals surface area contributed by atoms with E-state index in [1.54, 1.807) is 36.4 Å². The summed E-state index contributed by atoms with van der Waals surface area (Å²) in [5.74, 6) is -1.36. The van der Waals surface area contributed by atoms with E-state index in [2.05, 4.69) is 10.5 Å². The van der Waals surface area contributed by atoms with Crippen LogP contribution < -0.4 is 10.3 Å². The lowest BCUT2D eigenvalue weighted by Gasteiger charge is -2.22. The van der Waals surface area contributed by atoms with Crippen molar-refractivity contribution in [3.63, 3.8) is 0 Å². The van der Waals surface area contributed by atoms with Crippen molar-refractivity contribution in [1.29, 1.82) is 0 Å². The summed E-state index contributed by atoms with van der Waals surface area (Å²) in [6, 6.07) is 21.0. The van der Waals surface area contributed by atoms with Crippen LogP contribution in [0.25, 0.3) is 11.1 Å². The van der Waals surface area contributed by atoms with Crippen molar-refractivity contribution in [1.82, 2.24) is 0 Å². The minimum atomic E-state index is -4.63. The highest BCUT2D eigenvalue weighted by Crippen LogP contribution is 2.37. The number of nitrogens with zero attached hydrogens (tertiary/aromatic N) is 2. The summed E-state index contributed by atoms with van der Waals surface area (Å²) in [4.78, 5) is 24.8. The van der Waals surface area contributed by atoms with E-state index < -0.39 is 17.7 Å². The fourth-order valence-corrected chi connectivity index (χ4v) is 4.47. The summed E-state index contributed by atoms with van der Waals surface area (Å²) in [6.45, 7) is 7.53. The monoisotopic (exact) mass is 605 g/mol. The van der Waals surface area contributed by atoms with E-state index in [-0.39, 0.29) is 34.0 Å². The van der Waals surface area contributed by atoms with Crippen LogP contribution in [0.15, 0.2) is 90.0 Å². The number of aromatic carboxylic acids is 1. The largest absolute Gasteiger partial charge is 0.505 e. The second-order valence-electron chi connectivity index (χ2n) is 9.52. The van der Waals surface area contributed by atoms with Gasteiger partial charge in [-0.3, -0.25) is 15.1 Å². The predicted molar refractivity (Wildman–Crippen MR) is 168 cm³/mol. The highest BCUT2D eigenvalue weighted by molar-refractivity contribution is 6.07. The van der Waals surface area contributed by atoms with E-state index in [9.17, 15) is 33.0 Å². The molecular formula is C34H34F3N3O4. The fourth-order valence-electron chi connectivity index (χ4n) is 4.47. The SMILES string of the molecule is CC.CCCc1ccc(N(C=O)c2ccc(C(F)(F)F)cc2/C(C)=N/Nc2cccc(-c3cccc(C(=O)O)c3)c2O)cc1. The van der Waals surface area contributed by atoms with Crippen LogP contribution in [0.5, 0.6) is 5.75 Å². The van der Waals surface area contributed by atoms with Crippen LogP contribution in [0.1, 0.15) is 61.2 Å². The number of hydrogen-bond acceptors (Lipinski definition) is 5. The number of carboxylic acid groups (broad SMARTS) is 1. The van der Waals surface area contributed by atoms with Crippen molar-refractivity contribution in [2.24, 2.45) is 5.10 Å². The minimum absolute atomic E-state index is 0.0379. The lowest BCUT2D eigenvalue weighted by molar-refractivity contribution is -0.137. The molecular weight excluding hydrogens is 571 g/mol. The smallest absolute Gasteiger partial charge is 0.416 e. The van der Waals surface area contributed by atoms with Crippen LogP contribution in [0, 0.1) is 0 Å². The van der Waals surface area contributed by atoms with Gasteiger partial charge >= 0.3 is 12.1 Å². The molecule has 1 amide bonds. The second-order valence-corrected chi connectivity index (χ2v) is 9.52. The average Bonchev–Trinajstić information content (AvgIpc) is 3.02. The lowest BCUT2D eigenvalue weighted by Crippen LogP contribution is -2.19. The van der Waals surface area contributed by atoms with E-state index >= 15 is 0 Å². The molecule has 0 saturated heterocycles. The molecule has 0 aliphatic heterocycles. The third-order valence-corrected chi connectivity index (χ3v) is 6.63. The van der Waals surface area contributed by atoms with Crippen molar-refractivity contribution < 1.29 is 33.0 Å². The first-order valence-corrected chi connectivity index (χ1v) is 14.0. The van der Waals surface area contributed by atoms with Crippen molar-refractivity contribution in [2.45, 2.75) is 46.7 Å². The van der Waals surface area contributed by atoms with Crippen LogP contribution in [0.3, 0.4) is 0 Å². The standard InChI is InChI=1S/C32H28F3N3O4.C2H6/c1-3-6-21-11-14-25(15-12-21)38(19-39)29-16-13-24(32(33,34)35)18-27(29)20(2)36-37-28-10-5-9-26(30(28)40)22-7-4-8-23(17-22)31(41)42;1-2/h4-5,7-19,37,40H,3,6H2,1-2H3,(H,41,42);1-2H3/b36-20+;. The number of carboxylic acids is 1. The van der Waals surface area contributed by atoms with Gasteiger partial charge < -0.3 is 10.2 Å². The number of rotatable bonds is 10. The third-order valence-electron chi connectivity index (χ3n) is 6.63. The summed E-state index contributed by atoms with van der Waals surface area (Å²) in [6.07, 6.45) is -2.31. The van der Waals surface area contributed by atoms with Crippen LogP contribution in [0.2, 0.25) is 0 Å².